The summed E-state index contributed by atoms with van der Waals surface area (Å²) in [5.41, 5.74) is 4.60. The van der Waals surface area contributed by atoms with Gasteiger partial charge in [0.15, 0.2) is 5.82 Å². The lowest BCUT2D eigenvalue weighted by molar-refractivity contribution is 0.415. The van der Waals surface area contributed by atoms with Crippen LogP contribution >= 0.6 is 11.6 Å². The van der Waals surface area contributed by atoms with Crippen molar-refractivity contribution in [2.45, 2.75) is 0 Å². The molecule has 0 bridgehead atoms. The molecule has 0 unspecified atom stereocenters. The summed E-state index contributed by atoms with van der Waals surface area (Å²) in [6.07, 6.45) is 0. The van der Waals surface area contributed by atoms with Gasteiger partial charge >= 0.3 is 0 Å². The number of nitrogens with zero attached hydrogens (tertiary/aromatic N) is 2. The summed E-state index contributed by atoms with van der Waals surface area (Å²) < 4.78 is 5.26. The predicted molar refractivity (Wildman–Crippen MR) is 110 cm³/mol. The molecule has 0 radical (unpaired) electrons. The van der Waals surface area contributed by atoms with Gasteiger partial charge in [0, 0.05) is 21.7 Å². The Hall–Kier alpha value is -3.17. The Kier molecular flexibility index (Phi) is 4.86. The highest BCUT2D eigenvalue weighted by Gasteiger charge is 2.11. The van der Waals surface area contributed by atoms with Crippen LogP contribution in [0.5, 0.6) is 5.75 Å². The van der Waals surface area contributed by atoms with Crippen molar-refractivity contribution in [1.82, 2.24) is 9.97 Å². The minimum Gasteiger partial charge on any atom is -0.497 e. The van der Waals surface area contributed by atoms with E-state index in [1.165, 1.54) is 0 Å². The van der Waals surface area contributed by atoms with E-state index in [2.05, 4.69) is 0 Å². The molecule has 1 aromatic heterocycles. The quantitative estimate of drug-likeness (QED) is 0.431. The summed E-state index contributed by atoms with van der Waals surface area (Å²) in [6.45, 7) is 0. The molecule has 3 aromatic carbocycles. The van der Waals surface area contributed by atoms with E-state index in [0.29, 0.717) is 10.8 Å². The van der Waals surface area contributed by atoms with Gasteiger partial charge in [-0.15, -0.1) is 0 Å². The van der Waals surface area contributed by atoms with E-state index in [4.69, 9.17) is 26.3 Å². The maximum absolute atomic E-state index is 6.18. The lowest BCUT2D eigenvalue weighted by Gasteiger charge is -2.10. The largest absolute Gasteiger partial charge is 0.497 e. The number of hydrogen-bond donors (Lipinski definition) is 0. The fourth-order valence-electron chi connectivity index (χ4n) is 2.87. The molecule has 0 saturated heterocycles. The SMILES string of the molecule is COc1ccc(-c2cc(-c3cccc(Cl)c3)nc(-c3ccccc3)n2)cc1. The summed E-state index contributed by atoms with van der Waals surface area (Å²) in [6, 6.07) is 27.5. The van der Waals surface area contributed by atoms with Crippen molar-refractivity contribution in [3.8, 4) is 39.7 Å². The van der Waals surface area contributed by atoms with Gasteiger partial charge in [0.1, 0.15) is 5.75 Å². The minimum absolute atomic E-state index is 0.679. The third kappa shape index (κ3) is 3.83. The number of ether oxygens (including phenoxy) is 1. The third-order valence-electron chi connectivity index (χ3n) is 4.26. The number of hydrogen-bond acceptors (Lipinski definition) is 3. The standard InChI is InChI=1S/C23H17ClN2O/c1-27-20-12-10-16(11-13-20)21-15-22(18-8-5-9-19(24)14-18)26-23(25-21)17-6-3-2-4-7-17/h2-15H,1H3. The normalized spacial score (nSPS) is 10.6. The zero-order valence-electron chi connectivity index (χ0n) is 14.8. The average molecular weight is 373 g/mol. The second kappa shape index (κ2) is 7.60. The van der Waals surface area contributed by atoms with Crippen LogP contribution in [-0.4, -0.2) is 17.1 Å². The summed E-state index contributed by atoms with van der Waals surface area (Å²) in [4.78, 5) is 9.57. The molecule has 3 nitrogen and oxygen atoms in total. The fourth-order valence-corrected chi connectivity index (χ4v) is 3.06. The molecule has 132 valence electrons. The van der Waals surface area contributed by atoms with Crippen molar-refractivity contribution in [3.63, 3.8) is 0 Å². The molecule has 0 fully saturated rings. The average Bonchev–Trinajstić information content (AvgIpc) is 2.74. The van der Waals surface area contributed by atoms with Crippen LogP contribution in [0.15, 0.2) is 84.9 Å². The molecule has 4 rings (SSSR count). The maximum atomic E-state index is 6.18. The summed E-state index contributed by atoms with van der Waals surface area (Å²) in [5.74, 6) is 1.49. The van der Waals surface area contributed by atoms with E-state index in [-0.39, 0.29) is 0 Å². The van der Waals surface area contributed by atoms with E-state index in [0.717, 1.165) is 33.8 Å². The molecule has 27 heavy (non-hydrogen) atoms. The van der Waals surface area contributed by atoms with E-state index in [9.17, 15) is 0 Å². The van der Waals surface area contributed by atoms with Crippen molar-refractivity contribution >= 4 is 11.6 Å². The molecule has 0 N–H and O–H groups in total. The van der Waals surface area contributed by atoms with Gasteiger partial charge in [-0.05, 0) is 42.5 Å². The topological polar surface area (TPSA) is 35.0 Å². The second-order valence-electron chi connectivity index (χ2n) is 6.07. The molecule has 0 aliphatic carbocycles. The molecule has 1 heterocycles. The van der Waals surface area contributed by atoms with Gasteiger partial charge in [-0.1, -0.05) is 54.1 Å². The first-order valence-corrected chi connectivity index (χ1v) is 8.95. The van der Waals surface area contributed by atoms with Crippen LogP contribution in [0.1, 0.15) is 0 Å². The molecule has 0 saturated carbocycles. The van der Waals surface area contributed by atoms with E-state index in [1.807, 2.05) is 84.9 Å². The van der Waals surface area contributed by atoms with Crippen LogP contribution in [0.4, 0.5) is 0 Å². The van der Waals surface area contributed by atoms with Crippen molar-refractivity contribution < 1.29 is 4.74 Å². The Morgan fingerprint density at radius 1 is 0.667 bits per heavy atom. The van der Waals surface area contributed by atoms with Crippen molar-refractivity contribution in [2.75, 3.05) is 7.11 Å². The molecule has 0 aliphatic rings. The lowest BCUT2D eigenvalue weighted by atomic mass is 10.1. The highest BCUT2D eigenvalue weighted by Crippen LogP contribution is 2.29. The lowest BCUT2D eigenvalue weighted by Crippen LogP contribution is -1.96. The monoisotopic (exact) mass is 372 g/mol. The first kappa shape index (κ1) is 17.3. The van der Waals surface area contributed by atoms with Gasteiger partial charge in [-0.25, -0.2) is 9.97 Å². The van der Waals surface area contributed by atoms with Crippen LogP contribution in [0, 0.1) is 0 Å². The Bertz CT molecular complexity index is 1060. The van der Waals surface area contributed by atoms with Gasteiger partial charge in [-0.3, -0.25) is 0 Å². The zero-order chi connectivity index (χ0) is 18.6. The zero-order valence-corrected chi connectivity index (χ0v) is 15.5. The van der Waals surface area contributed by atoms with Crippen molar-refractivity contribution in [2.24, 2.45) is 0 Å². The minimum atomic E-state index is 0.679. The Labute approximate surface area is 163 Å². The Morgan fingerprint density at radius 3 is 2.00 bits per heavy atom. The molecule has 0 spiro atoms. The van der Waals surface area contributed by atoms with Crippen LogP contribution in [-0.2, 0) is 0 Å². The molecular weight excluding hydrogens is 356 g/mol. The second-order valence-corrected chi connectivity index (χ2v) is 6.50. The third-order valence-corrected chi connectivity index (χ3v) is 4.50. The van der Waals surface area contributed by atoms with Crippen LogP contribution in [0.25, 0.3) is 33.9 Å². The summed E-state index contributed by atoms with van der Waals surface area (Å²) in [5, 5.41) is 0.679. The van der Waals surface area contributed by atoms with Crippen LogP contribution in [0.2, 0.25) is 5.02 Å². The highest BCUT2D eigenvalue weighted by atomic mass is 35.5. The first-order chi connectivity index (χ1) is 13.2. The number of rotatable bonds is 4. The molecule has 4 heteroatoms. The van der Waals surface area contributed by atoms with Gasteiger partial charge in [0.25, 0.3) is 0 Å². The Morgan fingerprint density at radius 2 is 1.33 bits per heavy atom. The number of halogens is 1. The molecule has 0 aliphatic heterocycles. The van der Waals surface area contributed by atoms with Crippen molar-refractivity contribution in [1.29, 1.82) is 0 Å². The van der Waals surface area contributed by atoms with Gasteiger partial charge < -0.3 is 4.74 Å². The van der Waals surface area contributed by atoms with E-state index >= 15 is 0 Å². The molecular formula is C23H17ClN2O. The predicted octanol–water partition coefficient (Wildman–Crippen LogP) is 6.14. The van der Waals surface area contributed by atoms with Gasteiger partial charge in [-0.2, -0.15) is 0 Å². The summed E-state index contributed by atoms with van der Waals surface area (Å²) >= 11 is 6.18. The first-order valence-electron chi connectivity index (χ1n) is 8.58. The fraction of sp³-hybridized carbons (Fsp3) is 0.0435. The number of aromatic nitrogens is 2. The van der Waals surface area contributed by atoms with E-state index < -0.39 is 0 Å². The highest BCUT2D eigenvalue weighted by molar-refractivity contribution is 6.30. The van der Waals surface area contributed by atoms with Gasteiger partial charge in [0.05, 0.1) is 18.5 Å². The number of benzene rings is 3. The molecule has 0 atom stereocenters. The smallest absolute Gasteiger partial charge is 0.160 e. The number of methoxy groups -OCH3 is 1. The van der Waals surface area contributed by atoms with E-state index in [1.54, 1.807) is 7.11 Å². The Balaban J connectivity index is 1.88. The van der Waals surface area contributed by atoms with Crippen LogP contribution < -0.4 is 4.74 Å². The maximum Gasteiger partial charge on any atom is 0.160 e. The van der Waals surface area contributed by atoms with Gasteiger partial charge in [0.2, 0.25) is 0 Å². The summed E-state index contributed by atoms with van der Waals surface area (Å²) in [7, 11) is 1.66. The molecule has 4 aromatic rings. The van der Waals surface area contributed by atoms with Crippen LogP contribution in [0.3, 0.4) is 0 Å². The molecule has 0 amide bonds. The van der Waals surface area contributed by atoms with Crippen molar-refractivity contribution in [3.05, 3.63) is 90.0 Å².